The highest BCUT2D eigenvalue weighted by molar-refractivity contribution is 5.77. The molecule has 1 heterocycles. The number of hydrogen-bond donors (Lipinski definition) is 0. The van der Waals surface area contributed by atoms with Gasteiger partial charge in [0.2, 0.25) is 0 Å². The molecule has 2 aliphatic carbocycles. The number of fused-ring (bicyclic) bond motifs is 4. The van der Waals surface area contributed by atoms with Gasteiger partial charge in [0.1, 0.15) is 0 Å². The molecule has 25 heavy (non-hydrogen) atoms. The molecule has 1 saturated carbocycles. The van der Waals surface area contributed by atoms with Crippen molar-refractivity contribution in [2.24, 2.45) is 5.92 Å². The van der Waals surface area contributed by atoms with Gasteiger partial charge in [0.25, 0.3) is 0 Å². The normalized spacial score (nSPS) is 19.1. The van der Waals surface area contributed by atoms with E-state index in [0.29, 0.717) is 5.92 Å². The van der Waals surface area contributed by atoms with Crippen molar-refractivity contribution in [3.8, 4) is 11.3 Å². The molecule has 1 heteroatoms. The maximum Gasteiger partial charge on any atom is 0.0745 e. The van der Waals surface area contributed by atoms with Crippen LogP contribution in [0.5, 0.6) is 0 Å². The molecule has 1 nitrogen and oxygen atoms in total. The Morgan fingerprint density at radius 3 is 2.60 bits per heavy atom. The molecule has 1 aromatic heterocycles. The first-order chi connectivity index (χ1) is 11.9. The standard InChI is InChI=1S/C24H29N/c1-6-17(3)23(4,5)19-10-7-9-18-15-24(13-16(2)14-24)20-11-8-12-25-22(20)21(18)19/h7-12,17H,2,6,13-15H2,1,3-5H3. The van der Waals surface area contributed by atoms with Gasteiger partial charge in [-0.25, -0.2) is 0 Å². The highest BCUT2D eigenvalue weighted by Gasteiger charge is 2.47. The molecule has 2 aromatic rings. The summed E-state index contributed by atoms with van der Waals surface area (Å²) in [5.41, 5.74) is 8.79. The molecule has 1 spiro atoms. The fourth-order valence-corrected chi connectivity index (χ4v) is 5.05. The van der Waals surface area contributed by atoms with Crippen LogP contribution in [-0.4, -0.2) is 4.98 Å². The van der Waals surface area contributed by atoms with Crippen LogP contribution in [0.3, 0.4) is 0 Å². The summed E-state index contributed by atoms with van der Waals surface area (Å²) in [4.78, 5) is 4.89. The molecular weight excluding hydrogens is 302 g/mol. The first-order valence-electron chi connectivity index (χ1n) is 9.64. The van der Waals surface area contributed by atoms with E-state index in [4.69, 9.17) is 4.98 Å². The molecule has 4 rings (SSSR count). The van der Waals surface area contributed by atoms with Gasteiger partial charge in [0, 0.05) is 17.2 Å². The van der Waals surface area contributed by atoms with Crippen molar-refractivity contribution < 1.29 is 0 Å². The summed E-state index contributed by atoms with van der Waals surface area (Å²) in [5, 5.41) is 0. The predicted octanol–water partition coefficient (Wildman–Crippen LogP) is 6.22. The second-order valence-corrected chi connectivity index (χ2v) is 8.83. The molecular formula is C24H29N. The quantitative estimate of drug-likeness (QED) is 0.609. The van der Waals surface area contributed by atoms with E-state index < -0.39 is 0 Å². The lowest BCUT2D eigenvalue weighted by Gasteiger charge is -2.48. The Morgan fingerprint density at radius 2 is 1.92 bits per heavy atom. The van der Waals surface area contributed by atoms with Gasteiger partial charge in [-0.3, -0.25) is 4.98 Å². The zero-order valence-electron chi connectivity index (χ0n) is 16.0. The van der Waals surface area contributed by atoms with Crippen LogP contribution in [0.4, 0.5) is 0 Å². The molecule has 0 N–H and O–H groups in total. The summed E-state index contributed by atoms with van der Waals surface area (Å²) in [6, 6.07) is 11.3. The summed E-state index contributed by atoms with van der Waals surface area (Å²) in [6.07, 6.45) is 6.51. The summed E-state index contributed by atoms with van der Waals surface area (Å²) < 4.78 is 0. The highest BCUT2D eigenvalue weighted by atomic mass is 14.7. The summed E-state index contributed by atoms with van der Waals surface area (Å²) in [5.74, 6) is 0.630. The number of hydrogen-bond acceptors (Lipinski definition) is 1. The van der Waals surface area contributed by atoms with Crippen molar-refractivity contribution in [1.82, 2.24) is 4.98 Å². The average Bonchev–Trinajstić information content (AvgIpc) is 2.59. The Bertz CT molecular complexity index is 835. The smallest absolute Gasteiger partial charge is 0.0745 e. The number of allylic oxidation sites excluding steroid dienone is 1. The largest absolute Gasteiger partial charge is 0.256 e. The average molecular weight is 332 g/mol. The minimum Gasteiger partial charge on any atom is -0.256 e. The third-order valence-electron chi connectivity index (χ3n) is 7.01. The maximum absolute atomic E-state index is 4.89. The first kappa shape index (κ1) is 16.6. The minimum atomic E-state index is 0.141. The summed E-state index contributed by atoms with van der Waals surface area (Å²) >= 11 is 0. The van der Waals surface area contributed by atoms with E-state index in [1.165, 1.54) is 39.9 Å². The number of benzene rings is 1. The Hall–Kier alpha value is -1.89. The van der Waals surface area contributed by atoms with Crippen molar-refractivity contribution in [3.63, 3.8) is 0 Å². The predicted molar refractivity (Wildman–Crippen MR) is 106 cm³/mol. The highest BCUT2D eigenvalue weighted by Crippen LogP contribution is 2.56. The van der Waals surface area contributed by atoms with Gasteiger partial charge in [-0.2, -0.15) is 0 Å². The Morgan fingerprint density at radius 1 is 1.16 bits per heavy atom. The lowest BCUT2D eigenvalue weighted by Crippen LogP contribution is -2.41. The summed E-state index contributed by atoms with van der Waals surface area (Å²) in [7, 11) is 0. The molecule has 0 bridgehead atoms. The van der Waals surface area contributed by atoms with E-state index in [0.717, 1.165) is 19.3 Å². The number of rotatable bonds is 3. The van der Waals surface area contributed by atoms with Crippen LogP contribution in [0, 0.1) is 5.92 Å². The van der Waals surface area contributed by atoms with Gasteiger partial charge < -0.3 is 0 Å². The van der Waals surface area contributed by atoms with Crippen molar-refractivity contribution in [1.29, 1.82) is 0 Å². The Balaban J connectivity index is 1.94. The minimum absolute atomic E-state index is 0.141. The molecule has 0 radical (unpaired) electrons. The van der Waals surface area contributed by atoms with Crippen molar-refractivity contribution in [2.75, 3.05) is 0 Å². The topological polar surface area (TPSA) is 12.9 Å². The molecule has 1 unspecified atom stereocenters. The van der Waals surface area contributed by atoms with Crippen LogP contribution in [0.2, 0.25) is 0 Å². The van der Waals surface area contributed by atoms with E-state index in [2.05, 4.69) is 64.6 Å². The second kappa shape index (κ2) is 5.56. The fraction of sp³-hybridized carbons (Fsp3) is 0.458. The van der Waals surface area contributed by atoms with Crippen LogP contribution >= 0.6 is 0 Å². The number of pyridine rings is 1. The van der Waals surface area contributed by atoms with E-state index in [1.807, 2.05) is 6.20 Å². The van der Waals surface area contributed by atoms with Gasteiger partial charge in [0.05, 0.1) is 5.69 Å². The van der Waals surface area contributed by atoms with Crippen molar-refractivity contribution >= 4 is 0 Å². The second-order valence-electron chi connectivity index (χ2n) is 8.83. The number of aromatic nitrogens is 1. The third kappa shape index (κ3) is 2.32. The monoisotopic (exact) mass is 331 g/mol. The van der Waals surface area contributed by atoms with Crippen LogP contribution in [0.15, 0.2) is 48.7 Å². The van der Waals surface area contributed by atoms with Crippen LogP contribution in [0.25, 0.3) is 11.3 Å². The van der Waals surface area contributed by atoms with Crippen LogP contribution in [0.1, 0.15) is 63.6 Å². The molecule has 2 aliphatic rings. The number of nitrogens with zero attached hydrogens (tertiary/aromatic N) is 1. The molecule has 1 atom stereocenters. The molecule has 1 aromatic carbocycles. The zero-order valence-corrected chi connectivity index (χ0v) is 16.0. The molecule has 130 valence electrons. The van der Waals surface area contributed by atoms with E-state index in [-0.39, 0.29) is 10.8 Å². The SMILES string of the molecule is C=C1CC2(C1)Cc1cccc(C(C)(C)C(C)CC)c1-c1ncccc12. The Labute approximate surface area is 152 Å². The van der Waals surface area contributed by atoms with Crippen LogP contribution in [-0.2, 0) is 17.3 Å². The van der Waals surface area contributed by atoms with E-state index in [1.54, 1.807) is 0 Å². The zero-order chi connectivity index (χ0) is 17.8. The van der Waals surface area contributed by atoms with Gasteiger partial charge in [0.15, 0.2) is 0 Å². The van der Waals surface area contributed by atoms with Gasteiger partial charge in [-0.15, -0.1) is 0 Å². The van der Waals surface area contributed by atoms with Crippen LogP contribution < -0.4 is 0 Å². The fourth-order valence-electron chi connectivity index (χ4n) is 5.05. The van der Waals surface area contributed by atoms with Gasteiger partial charge >= 0.3 is 0 Å². The Kier molecular flexibility index (Phi) is 3.68. The van der Waals surface area contributed by atoms with Gasteiger partial charge in [-0.1, -0.05) is 70.5 Å². The van der Waals surface area contributed by atoms with E-state index in [9.17, 15) is 0 Å². The first-order valence-corrected chi connectivity index (χ1v) is 9.64. The lowest BCUT2D eigenvalue weighted by atomic mass is 9.55. The maximum atomic E-state index is 4.89. The van der Waals surface area contributed by atoms with Crippen molar-refractivity contribution in [3.05, 3.63) is 65.4 Å². The van der Waals surface area contributed by atoms with E-state index >= 15 is 0 Å². The molecule has 0 amide bonds. The lowest BCUT2D eigenvalue weighted by molar-refractivity contribution is 0.320. The third-order valence-corrected chi connectivity index (χ3v) is 7.01. The summed E-state index contributed by atoms with van der Waals surface area (Å²) in [6.45, 7) is 13.7. The van der Waals surface area contributed by atoms with Crippen molar-refractivity contribution in [2.45, 2.75) is 64.2 Å². The molecule has 0 aliphatic heterocycles. The molecule has 1 fully saturated rings. The van der Waals surface area contributed by atoms with Gasteiger partial charge in [-0.05, 0) is 53.4 Å². The molecule has 0 saturated heterocycles.